The zero-order valence-corrected chi connectivity index (χ0v) is 25.2. The van der Waals surface area contributed by atoms with Gasteiger partial charge in [-0.1, -0.05) is 59.9 Å². The van der Waals surface area contributed by atoms with Crippen LogP contribution in [-0.4, -0.2) is 42.6 Å². The summed E-state index contributed by atoms with van der Waals surface area (Å²) >= 11 is 2.77. The number of nitrogens with zero attached hydrogens (tertiary/aromatic N) is 2. The van der Waals surface area contributed by atoms with Crippen molar-refractivity contribution in [2.75, 3.05) is 35.4 Å². The molecule has 0 saturated heterocycles. The summed E-state index contributed by atoms with van der Waals surface area (Å²) in [5.41, 5.74) is 3.68. The normalized spacial score (nSPS) is 11.2. The van der Waals surface area contributed by atoms with Gasteiger partial charge in [-0.2, -0.15) is 0 Å². The largest absolute Gasteiger partial charge is 0.378 e. The van der Waals surface area contributed by atoms with E-state index < -0.39 is 11.8 Å². The summed E-state index contributed by atoms with van der Waals surface area (Å²) in [6.07, 6.45) is 1.64. The van der Waals surface area contributed by atoms with Crippen molar-refractivity contribution in [2.45, 2.75) is 4.90 Å². The van der Waals surface area contributed by atoms with E-state index in [0.717, 1.165) is 26.4 Å². The van der Waals surface area contributed by atoms with Crippen LogP contribution < -0.4 is 20.9 Å². The molecule has 10 heteroatoms. The van der Waals surface area contributed by atoms with E-state index >= 15 is 0 Å². The number of hydrogen-bond donors (Lipinski definition) is 3. The number of fused-ring (bicyclic) bond motifs is 1. The number of para-hydroxylation sites is 1. The fourth-order valence-corrected chi connectivity index (χ4v) is 5.71. The molecule has 0 unspecified atom stereocenters. The average Bonchev–Trinajstić information content (AvgIpc) is 3.43. The van der Waals surface area contributed by atoms with Gasteiger partial charge >= 0.3 is 0 Å². The van der Waals surface area contributed by atoms with Gasteiger partial charge in [-0.05, 0) is 66.2 Å². The Hall–Kier alpha value is -4.93. The number of thiazole rings is 1. The number of benzene rings is 4. The number of hydrogen-bond acceptors (Lipinski definition) is 7. The maximum Gasteiger partial charge on any atom is 0.272 e. The molecule has 0 atom stereocenters. The highest BCUT2D eigenvalue weighted by molar-refractivity contribution is 8.00. The quantitative estimate of drug-likeness (QED) is 0.124. The maximum atomic E-state index is 13.4. The summed E-state index contributed by atoms with van der Waals surface area (Å²) < 4.78 is 1.01. The lowest BCUT2D eigenvalue weighted by atomic mass is 10.1. The van der Waals surface area contributed by atoms with Crippen LogP contribution in [0, 0.1) is 0 Å². The van der Waals surface area contributed by atoms with Crippen LogP contribution in [0.2, 0.25) is 0 Å². The molecule has 5 aromatic rings. The first-order valence-electron chi connectivity index (χ1n) is 13.4. The van der Waals surface area contributed by atoms with Crippen molar-refractivity contribution in [1.82, 2.24) is 10.3 Å². The number of carbonyl (C=O) groups excluding carboxylic acids is 3. The van der Waals surface area contributed by atoms with E-state index in [0.29, 0.717) is 16.4 Å². The molecule has 4 aromatic carbocycles. The van der Waals surface area contributed by atoms with Gasteiger partial charge in [0.05, 0.1) is 16.0 Å². The van der Waals surface area contributed by atoms with E-state index in [1.54, 1.807) is 48.5 Å². The Morgan fingerprint density at radius 1 is 0.860 bits per heavy atom. The molecule has 0 saturated carbocycles. The van der Waals surface area contributed by atoms with Crippen molar-refractivity contribution in [2.24, 2.45) is 0 Å². The van der Waals surface area contributed by atoms with Crippen LogP contribution >= 0.6 is 23.1 Å². The second-order valence-electron chi connectivity index (χ2n) is 9.67. The Morgan fingerprint density at radius 2 is 1.60 bits per heavy atom. The predicted molar refractivity (Wildman–Crippen MR) is 177 cm³/mol. The van der Waals surface area contributed by atoms with Crippen molar-refractivity contribution in [3.63, 3.8) is 0 Å². The Morgan fingerprint density at radius 3 is 2.35 bits per heavy atom. The van der Waals surface area contributed by atoms with Gasteiger partial charge < -0.3 is 20.9 Å². The number of rotatable bonds is 10. The number of thioether (sulfide) groups is 1. The molecule has 0 aliphatic carbocycles. The van der Waals surface area contributed by atoms with Gasteiger partial charge in [-0.25, -0.2) is 4.98 Å². The molecule has 3 amide bonds. The SMILES string of the molecule is CN(C)c1ccc(/C=C(/NC(=O)c2ccccc2)C(=O)Nc2cccc(SCC(=O)Nc3nc4ccccc4s3)c2)cc1. The zero-order valence-electron chi connectivity index (χ0n) is 23.5. The maximum absolute atomic E-state index is 13.4. The summed E-state index contributed by atoms with van der Waals surface area (Å²) in [6, 6.07) is 31.3. The molecular formula is C33H29N5O3S2. The standard InChI is InChI=1S/C33H29N5O3S2/c1-38(2)25-17-15-22(16-18-25)19-28(35-31(40)23-9-4-3-5-10-23)32(41)34-24-11-8-12-26(20-24)42-21-30(39)37-33-36-27-13-6-7-14-29(27)43-33/h3-20H,21H2,1-2H3,(H,34,41)(H,35,40)(H,36,37,39)/b28-19+. The lowest BCUT2D eigenvalue weighted by Crippen LogP contribution is -2.30. The second-order valence-corrected chi connectivity index (χ2v) is 11.7. The first-order chi connectivity index (χ1) is 20.8. The third kappa shape index (κ3) is 8.09. The summed E-state index contributed by atoms with van der Waals surface area (Å²) in [5.74, 6) is -0.867. The number of amides is 3. The fourth-order valence-electron chi connectivity index (χ4n) is 4.07. The van der Waals surface area contributed by atoms with Crippen molar-refractivity contribution >= 4 is 73.6 Å². The molecule has 0 spiro atoms. The Kier molecular flexibility index (Phi) is 9.50. The minimum atomic E-state index is -0.475. The van der Waals surface area contributed by atoms with Crippen molar-refractivity contribution in [1.29, 1.82) is 0 Å². The van der Waals surface area contributed by atoms with E-state index in [1.165, 1.54) is 23.1 Å². The van der Waals surface area contributed by atoms with Crippen LogP contribution in [0.25, 0.3) is 16.3 Å². The third-order valence-corrected chi connectivity index (χ3v) is 8.20. The van der Waals surface area contributed by atoms with Gasteiger partial charge in [0.25, 0.3) is 11.8 Å². The number of aromatic nitrogens is 1. The van der Waals surface area contributed by atoms with Crippen LogP contribution in [0.1, 0.15) is 15.9 Å². The number of carbonyl (C=O) groups is 3. The summed E-state index contributed by atoms with van der Waals surface area (Å²) in [4.78, 5) is 46.2. The Balaban J connectivity index is 1.26. The first kappa shape index (κ1) is 29.6. The van der Waals surface area contributed by atoms with Gasteiger partial charge in [0, 0.05) is 35.9 Å². The summed E-state index contributed by atoms with van der Waals surface area (Å²) in [7, 11) is 3.90. The molecule has 0 aliphatic heterocycles. The molecule has 0 bridgehead atoms. The Bertz CT molecular complexity index is 1750. The van der Waals surface area contributed by atoms with Gasteiger partial charge in [-0.15, -0.1) is 11.8 Å². The van der Waals surface area contributed by atoms with E-state index in [9.17, 15) is 14.4 Å². The molecule has 3 N–H and O–H groups in total. The molecule has 0 radical (unpaired) electrons. The molecule has 1 aromatic heterocycles. The van der Waals surface area contributed by atoms with Crippen LogP contribution in [0.3, 0.4) is 0 Å². The summed E-state index contributed by atoms with van der Waals surface area (Å²) in [5, 5.41) is 9.05. The van der Waals surface area contributed by atoms with Gasteiger partial charge in [0.2, 0.25) is 5.91 Å². The second kappa shape index (κ2) is 13.8. The molecular weight excluding hydrogens is 579 g/mol. The van der Waals surface area contributed by atoms with Crippen LogP contribution in [0.5, 0.6) is 0 Å². The first-order valence-corrected chi connectivity index (χ1v) is 15.2. The zero-order chi connectivity index (χ0) is 30.2. The van der Waals surface area contributed by atoms with E-state index in [-0.39, 0.29) is 17.4 Å². The molecule has 8 nitrogen and oxygen atoms in total. The smallest absolute Gasteiger partial charge is 0.272 e. The minimum absolute atomic E-state index is 0.0970. The summed E-state index contributed by atoms with van der Waals surface area (Å²) in [6.45, 7) is 0. The van der Waals surface area contributed by atoms with E-state index in [2.05, 4.69) is 20.9 Å². The molecule has 5 rings (SSSR count). The van der Waals surface area contributed by atoms with Gasteiger partial charge in [0.1, 0.15) is 5.70 Å². The minimum Gasteiger partial charge on any atom is -0.378 e. The molecule has 43 heavy (non-hydrogen) atoms. The molecule has 0 aliphatic rings. The van der Waals surface area contributed by atoms with Crippen LogP contribution in [0.15, 0.2) is 114 Å². The van der Waals surface area contributed by atoms with Crippen molar-refractivity contribution < 1.29 is 14.4 Å². The highest BCUT2D eigenvalue weighted by Gasteiger charge is 2.16. The van der Waals surface area contributed by atoms with Gasteiger partial charge in [-0.3, -0.25) is 14.4 Å². The Labute approximate surface area is 257 Å². The lowest BCUT2D eigenvalue weighted by Gasteiger charge is -2.14. The van der Waals surface area contributed by atoms with E-state index in [1.807, 2.05) is 79.7 Å². The molecule has 1 heterocycles. The number of nitrogens with one attached hydrogen (secondary N) is 3. The van der Waals surface area contributed by atoms with Crippen molar-refractivity contribution in [3.8, 4) is 0 Å². The number of anilines is 3. The van der Waals surface area contributed by atoms with Crippen LogP contribution in [-0.2, 0) is 9.59 Å². The van der Waals surface area contributed by atoms with E-state index in [4.69, 9.17) is 0 Å². The average molecular weight is 608 g/mol. The topological polar surface area (TPSA) is 103 Å². The van der Waals surface area contributed by atoms with Crippen LogP contribution in [0.4, 0.5) is 16.5 Å². The molecule has 0 fully saturated rings. The lowest BCUT2D eigenvalue weighted by molar-refractivity contribution is -0.114. The molecule has 216 valence electrons. The highest BCUT2D eigenvalue weighted by Crippen LogP contribution is 2.27. The third-order valence-electron chi connectivity index (χ3n) is 6.25. The highest BCUT2D eigenvalue weighted by atomic mass is 32.2. The monoisotopic (exact) mass is 607 g/mol. The fraction of sp³-hybridized carbons (Fsp3) is 0.0909. The van der Waals surface area contributed by atoms with Gasteiger partial charge in [0.15, 0.2) is 5.13 Å². The predicted octanol–water partition coefficient (Wildman–Crippen LogP) is 6.50. The van der Waals surface area contributed by atoms with Crippen molar-refractivity contribution in [3.05, 3.63) is 120 Å².